The van der Waals surface area contributed by atoms with E-state index in [-0.39, 0.29) is 5.97 Å². The molecule has 0 fully saturated rings. The monoisotopic (exact) mass is 370 g/mol. The quantitative estimate of drug-likeness (QED) is 0.358. The fraction of sp³-hybridized carbons (Fsp3) is 0.167. The lowest BCUT2D eigenvalue weighted by Crippen LogP contribution is -2.21. The largest absolute Gasteiger partial charge is 0.462 e. The van der Waals surface area contributed by atoms with Crippen LogP contribution >= 0.6 is 0 Å². The standard InChI is InChI=1S/C24H22N2O2/c1-3-28-24(27)21-15-25-22-19-12-8-7-11-18(19)13-14-20(22)23(21)26(2)16-17-9-5-4-6-10-17/h4-15H,3,16H2,1-2H3. The van der Waals surface area contributed by atoms with E-state index in [1.165, 1.54) is 5.56 Å². The number of pyridine rings is 1. The number of aromatic nitrogens is 1. The highest BCUT2D eigenvalue weighted by Gasteiger charge is 2.20. The van der Waals surface area contributed by atoms with E-state index in [1.54, 1.807) is 6.20 Å². The fourth-order valence-electron chi connectivity index (χ4n) is 3.63. The maximum Gasteiger partial charge on any atom is 0.341 e. The van der Waals surface area contributed by atoms with Crippen molar-refractivity contribution in [2.45, 2.75) is 13.5 Å². The van der Waals surface area contributed by atoms with E-state index in [4.69, 9.17) is 4.74 Å². The Balaban J connectivity index is 1.92. The molecule has 0 aliphatic carbocycles. The second kappa shape index (κ2) is 7.69. The number of hydrogen-bond acceptors (Lipinski definition) is 4. The van der Waals surface area contributed by atoms with Crippen molar-refractivity contribution < 1.29 is 9.53 Å². The Morgan fingerprint density at radius 2 is 1.71 bits per heavy atom. The van der Waals surface area contributed by atoms with Crippen LogP contribution < -0.4 is 4.90 Å². The van der Waals surface area contributed by atoms with Crippen LogP contribution in [0.15, 0.2) is 72.9 Å². The number of hydrogen-bond donors (Lipinski definition) is 0. The molecule has 0 spiro atoms. The van der Waals surface area contributed by atoms with Crippen LogP contribution in [0.2, 0.25) is 0 Å². The maximum atomic E-state index is 12.6. The van der Waals surface area contributed by atoms with Crippen molar-refractivity contribution in [1.29, 1.82) is 0 Å². The van der Waals surface area contributed by atoms with Crippen molar-refractivity contribution in [1.82, 2.24) is 4.98 Å². The van der Waals surface area contributed by atoms with Crippen LogP contribution in [0.1, 0.15) is 22.8 Å². The third-order valence-corrected chi connectivity index (χ3v) is 4.87. The van der Waals surface area contributed by atoms with Gasteiger partial charge in [-0.05, 0) is 17.9 Å². The van der Waals surface area contributed by atoms with Crippen LogP contribution in [0.25, 0.3) is 21.7 Å². The summed E-state index contributed by atoms with van der Waals surface area (Å²) in [6, 6.07) is 22.5. The van der Waals surface area contributed by atoms with Gasteiger partial charge in [0, 0.05) is 30.6 Å². The van der Waals surface area contributed by atoms with Crippen molar-refractivity contribution >= 4 is 33.3 Å². The molecule has 0 bridgehead atoms. The van der Waals surface area contributed by atoms with E-state index in [1.807, 2.05) is 50.4 Å². The second-order valence-electron chi connectivity index (χ2n) is 6.77. The highest BCUT2D eigenvalue weighted by atomic mass is 16.5. The predicted molar refractivity (Wildman–Crippen MR) is 114 cm³/mol. The molecule has 0 radical (unpaired) electrons. The number of carbonyl (C=O) groups is 1. The smallest absolute Gasteiger partial charge is 0.341 e. The molecular weight excluding hydrogens is 348 g/mol. The molecule has 0 aliphatic rings. The number of fused-ring (bicyclic) bond motifs is 3. The first-order chi connectivity index (χ1) is 13.7. The van der Waals surface area contributed by atoms with Gasteiger partial charge in [-0.25, -0.2) is 4.79 Å². The zero-order valence-electron chi connectivity index (χ0n) is 16.1. The van der Waals surface area contributed by atoms with Crippen molar-refractivity contribution in [2.75, 3.05) is 18.6 Å². The molecule has 0 amide bonds. The average molecular weight is 370 g/mol. The lowest BCUT2D eigenvalue weighted by atomic mass is 10.0. The van der Waals surface area contributed by atoms with Gasteiger partial charge < -0.3 is 9.64 Å². The summed E-state index contributed by atoms with van der Waals surface area (Å²) in [5.41, 5.74) is 3.40. The minimum Gasteiger partial charge on any atom is -0.462 e. The number of benzene rings is 3. The van der Waals surface area contributed by atoms with Crippen LogP contribution in [0.3, 0.4) is 0 Å². The fourth-order valence-corrected chi connectivity index (χ4v) is 3.63. The molecule has 3 aromatic carbocycles. The van der Waals surface area contributed by atoms with Crippen molar-refractivity contribution in [3.8, 4) is 0 Å². The van der Waals surface area contributed by atoms with Crippen LogP contribution in [0.5, 0.6) is 0 Å². The first-order valence-corrected chi connectivity index (χ1v) is 9.41. The molecule has 0 aliphatic heterocycles. The Bertz CT molecular complexity index is 1140. The van der Waals surface area contributed by atoms with Crippen LogP contribution in [0.4, 0.5) is 5.69 Å². The van der Waals surface area contributed by atoms with E-state index in [0.717, 1.165) is 27.4 Å². The Labute approximate surface area is 164 Å². The lowest BCUT2D eigenvalue weighted by molar-refractivity contribution is 0.0527. The van der Waals surface area contributed by atoms with Gasteiger partial charge in [0.05, 0.1) is 17.8 Å². The summed E-state index contributed by atoms with van der Waals surface area (Å²) in [4.78, 5) is 19.4. The molecule has 4 rings (SSSR count). The number of carbonyl (C=O) groups excluding carboxylic acids is 1. The van der Waals surface area contributed by atoms with Gasteiger partial charge in [0.1, 0.15) is 5.56 Å². The van der Waals surface area contributed by atoms with Crippen molar-refractivity contribution in [3.05, 3.63) is 84.1 Å². The summed E-state index contributed by atoms with van der Waals surface area (Å²) >= 11 is 0. The predicted octanol–water partition coefficient (Wildman–Crippen LogP) is 5.20. The molecule has 0 N–H and O–H groups in total. The molecule has 0 unspecified atom stereocenters. The SMILES string of the molecule is CCOC(=O)c1cnc2c(ccc3ccccc32)c1N(C)Cc1ccccc1. The molecule has 4 aromatic rings. The van der Waals surface area contributed by atoms with Crippen molar-refractivity contribution in [3.63, 3.8) is 0 Å². The molecule has 0 saturated heterocycles. The highest BCUT2D eigenvalue weighted by Crippen LogP contribution is 2.34. The number of anilines is 1. The third kappa shape index (κ3) is 3.29. The summed E-state index contributed by atoms with van der Waals surface area (Å²) in [5, 5.41) is 3.15. The summed E-state index contributed by atoms with van der Waals surface area (Å²) in [6.07, 6.45) is 1.64. The number of rotatable bonds is 5. The molecule has 1 heterocycles. The highest BCUT2D eigenvalue weighted by molar-refractivity contribution is 6.13. The molecule has 28 heavy (non-hydrogen) atoms. The van der Waals surface area contributed by atoms with E-state index >= 15 is 0 Å². The van der Waals surface area contributed by atoms with Crippen LogP contribution in [0, 0.1) is 0 Å². The van der Waals surface area contributed by atoms with Gasteiger partial charge >= 0.3 is 5.97 Å². The normalized spacial score (nSPS) is 10.9. The Hall–Kier alpha value is -3.40. The first kappa shape index (κ1) is 18.0. The zero-order chi connectivity index (χ0) is 19.5. The molecular formula is C24H22N2O2. The molecule has 0 saturated carbocycles. The Morgan fingerprint density at radius 3 is 2.50 bits per heavy atom. The summed E-state index contributed by atoms with van der Waals surface area (Å²) in [5.74, 6) is -0.347. The average Bonchev–Trinajstić information content (AvgIpc) is 2.73. The number of ether oxygens (including phenoxy) is 1. The van der Waals surface area contributed by atoms with E-state index in [0.29, 0.717) is 18.7 Å². The first-order valence-electron chi connectivity index (χ1n) is 9.41. The van der Waals surface area contributed by atoms with E-state index in [2.05, 4.69) is 40.2 Å². The topological polar surface area (TPSA) is 42.4 Å². The van der Waals surface area contributed by atoms with Gasteiger partial charge in [-0.3, -0.25) is 4.98 Å². The summed E-state index contributed by atoms with van der Waals surface area (Å²) in [6.45, 7) is 2.82. The number of nitrogens with zero attached hydrogens (tertiary/aromatic N) is 2. The van der Waals surface area contributed by atoms with E-state index in [9.17, 15) is 4.79 Å². The van der Waals surface area contributed by atoms with Gasteiger partial charge in [0.15, 0.2) is 0 Å². The molecule has 0 atom stereocenters. The summed E-state index contributed by atoms with van der Waals surface area (Å²) in [7, 11) is 2.00. The minimum absolute atomic E-state index is 0.330. The van der Waals surface area contributed by atoms with Gasteiger partial charge in [-0.15, -0.1) is 0 Å². The van der Waals surface area contributed by atoms with Crippen molar-refractivity contribution in [2.24, 2.45) is 0 Å². The third-order valence-electron chi connectivity index (χ3n) is 4.87. The van der Waals surface area contributed by atoms with E-state index < -0.39 is 0 Å². The summed E-state index contributed by atoms with van der Waals surface area (Å²) < 4.78 is 5.30. The van der Waals surface area contributed by atoms with Gasteiger partial charge in [-0.1, -0.05) is 66.7 Å². The Kier molecular flexibility index (Phi) is 4.94. The maximum absolute atomic E-state index is 12.6. The minimum atomic E-state index is -0.347. The van der Waals surface area contributed by atoms with Crippen LogP contribution in [-0.2, 0) is 11.3 Å². The molecule has 4 heteroatoms. The van der Waals surface area contributed by atoms with Gasteiger partial charge in [-0.2, -0.15) is 0 Å². The molecule has 140 valence electrons. The zero-order valence-corrected chi connectivity index (χ0v) is 16.1. The van der Waals surface area contributed by atoms with Gasteiger partial charge in [0.2, 0.25) is 0 Å². The molecule has 1 aromatic heterocycles. The van der Waals surface area contributed by atoms with Crippen LogP contribution in [-0.4, -0.2) is 24.6 Å². The second-order valence-corrected chi connectivity index (χ2v) is 6.77. The molecule has 4 nitrogen and oxygen atoms in total. The Morgan fingerprint density at radius 1 is 0.964 bits per heavy atom. The van der Waals surface area contributed by atoms with Gasteiger partial charge in [0.25, 0.3) is 0 Å². The number of esters is 1. The lowest BCUT2D eigenvalue weighted by Gasteiger charge is -2.24.